The fourth-order valence-electron chi connectivity index (χ4n) is 1.93. The van der Waals surface area contributed by atoms with E-state index in [0.717, 1.165) is 17.9 Å². The van der Waals surface area contributed by atoms with E-state index in [9.17, 15) is 0 Å². The zero-order valence-corrected chi connectivity index (χ0v) is 10.4. The Morgan fingerprint density at radius 3 is 2.75 bits per heavy atom. The van der Waals surface area contributed by atoms with Crippen LogP contribution in [0, 0.1) is 0 Å². The van der Waals surface area contributed by atoms with Crippen LogP contribution in [0.15, 0.2) is 18.2 Å². The smallest absolute Gasteiger partial charge is 0.123 e. The van der Waals surface area contributed by atoms with Crippen LogP contribution in [-0.2, 0) is 13.6 Å². The fourth-order valence-corrected chi connectivity index (χ4v) is 1.93. The number of imidazole rings is 1. The van der Waals surface area contributed by atoms with Crippen molar-refractivity contribution in [3.05, 3.63) is 29.6 Å². The fraction of sp³-hybridized carbons (Fsp3) is 0.462. The number of hydrogen-bond donors (Lipinski definition) is 1. The SMILES string of the molecule is CNCc1nc2ccc(C(C)C)cc2n1C. The monoisotopic (exact) mass is 217 g/mol. The molecule has 0 atom stereocenters. The van der Waals surface area contributed by atoms with Gasteiger partial charge in [0.2, 0.25) is 0 Å². The maximum Gasteiger partial charge on any atom is 0.123 e. The van der Waals surface area contributed by atoms with Crippen molar-refractivity contribution in [3.8, 4) is 0 Å². The second-order valence-electron chi connectivity index (χ2n) is 4.52. The zero-order chi connectivity index (χ0) is 11.7. The highest BCUT2D eigenvalue weighted by Crippen LogP contribution is 2.21. The van der Waals surface area contributed by atoms with Crippen molar-refractivity contribution >= 4 is 11.0 Å². The number of aromatic nitrogens is 2. The van der Waals surface area contributed by atoms with Crippen molar-refractivity contribution in [3.63, 3.8) is 0 Å². The molecule has 0 aliphatic heterocycles. The summed E-state index contributed by atoms with van der Waals surface area (Å²) in [7, 11) is 4.02. The number of hydrogen-bond acceptors (Lipinski definition) is 2. The van der Waals surface area contributed by atoms with Crippen LogP contribution in [0.4, 0.5) is 0 Å². The lowest BCUT2D eigenvalue weighted by Gasteiger charge is -2.05. The second kappa shape index (κ2) is 4.26. The minimum atomic E-state index is 0.562. The van der Waals surface area contributed by atoms with Crippen molar-refractivity contribution in [2.24, 2.45) is 7.05 Å². The van der Waals surface area contributed by atoms with Gasteiger partial charge in [0.1, 0.15) is 5.82 Å². The van der Waals surface area contributed by atoms with Gasteiger partial charge < -0.3 is 9.88 Å². The van der Waals surface area contributed by atoms with Gasteiger partial charge in [-0.05, 0) is 30.7 Å². The van der Waals surface area contributed by atoms with Crippen molar-refractivity contribution in [2.45, 2.75) is 26.3 Å². The zero-order valence-electron chi connectivity index (χ0n) is 10.4. The van der Waals surface area contributed by atoms with E-state index >= 15 is 0 Å². The summed E-state index contributed by atoms with van der Waals surface area (Å²) >= 11 is 0. The maximum absolute atomic E-state index is 4.60. The predicted octanol–water partition coefficient (Wildman–Crippen LogP) is 2.42. The van der Waals surface area contributed by atoms with Crippen LogP contribution in [0.2, 0.25) is 0 Å². The summed E-state index contributed by atoms with van der Waals surface area (Å²) < 4.78 is 2.16. The highest BCUT2D eigenvalue weighted by molar-refractivity contribution is 5.77. The van der Waals surface area contributed by atoms with Crippen LogP contribution in [0.3, 0.4) is 0 Å². The summed E-state index contributed by atoms with van der Waals surface area (Å²) in [5.41, 5.74) is 3.67. The van der Waals surface area contributed by atoms with Gasteiger partial charge in [-0.1, -0.05) is 19.9 Å². The number of aryl methyl sites for hydroxylation is 1. The lowest BCUT2D eigenvalue weighted by molar-refractivity contribution is 0.718. The Labute approximate surface area is 96.5 Å². The lowest BCUT2D eigenvalue weighted by Crippen LogP contribution is -2.10. The molecule has 0 saturated carbocycles. The molecule has 0 fully saturated rings. The van der Waals surface area contributed by atoms with Crippen molar-refractivity contribution in [1.82, 2.24) is 14.9 Å². The Morgan fingerprint density at radius 1 is 1.38 bits per heavy atom. The number of nitrogens with one attached hydrogen (secondary N) is 1. The third-order valence-electron chi connectivity index (χ3n) is 3.00. The van der Waals surface area contributed by atoms with E-state index in [4.69, 9.17) is 0 Å². The van der Waals surface area contributed by atoms with E-state index < -0.39 is 0 Å². The molecule has 0 aliphatic rings. The number of nitrogens with zero attached hydrogens (tertiary/aromatic N) is 2. The van der Waals surface area contributed by atoms with E-state index in [2.05, 4.69) is 54.0 Å². The molecule has 3 nitrogen and oxygen atoms in total. The summed E-state index contributed by atoms with van der Waals surface area (Å²) in [5, 5.41) is 3.14. The average molecular weight is 217 g/mol. The minimum absolute atomic E-state index is 0.562. The molecule has 0 spiro atoms. The molecule has 1 aromatic carbocycles. The molecule has 3 heteroatoms. The van der Waals surface area contributed by atoms with Crippen LogP contribution >= 0.6 is 0 Å². The Balaban J connectivity index is 2.55. The Kier molecular flexibility index (Phi) is 2.97. The molecule has 1 heterocycles. The largest absolute Gasteiger partial charge is 0.330 e. The summed E-state index contributed by atoms with van der Waals surface area (Å²) in [6, 6.07) is 6.53. The predicted molar refractivity (Wildman–Crippen MR) is 67.6 cm³/mol. The molecule has 0 bridgehead atoms. The third kappa shape index (κ3) is 1.83. The van der Waals surface area contributed by atoms with Gasteiger partial charge in [-0.15, -0.1) is 0 Å². The number of fused-ring (bicyclic) bond motifs is 1. The first kappa shape index (κ1) is 11.1. The van der Waals surface area contributed by atoms with Crippen LogP contribution in [-0.4, -0.2) is 16.6 Å². The summed E-state index contributed by atoms with van der Waals surface area (Å²) in [6.07, 6.45) is 0. The molecule has 0 aliphatic carbocycles. The van der Waals surface area contributed by atoms with E-state index in [1.165, 1.54) is 11.1 Å². The minimum Gasteiger partial charge on any atom is -0.330 e. The number of rotatable bonds is 3. The Morgan fingerprint density at radius 2 is 2.12 bits per heavy atom. The molecule has 0 unspecified atom stereocenters. The van der Waals surface area contributed by atoms with Gasteiger partial charge in [0, 0.05) is 7.05 Å². The molecule has 16 heavy (non-hydrogen) atoms. The van der Waals surface area contributed by atoms with Crippen molar-refractivity contribution in [2.75, 3.05) is 7.05 Å². The molecular formula is C13H19N3. The molecule has 0 radical (unpaired) electrons. The molecule has 1 aromatic heterocycles. The summed E-state index contributed by atoms with van der Waals surface area (Å²) in [5.74, 6) is 1.64. The summed E-state index contributed by atoms with van der Waals surface area (Å²) in [4.78, 5) is 4.60. The van der Waals surface area contributed by atoms with Gasteiger partial charge >= 0.3 is 0 Å². The van der Waals surface area contributed by atoms with Crippen LogP contribution in [0.5, 0.6) is 0 Å². The Bertz CT molecular complexity index is 497. The Hall–Kier alpha value is -1.35. The van der Waals surface area contributed by atoms with Crippen LogP contribution in [0.1, 0.15) is 31.2 Å². The van der Waals surface area contributed by atoms with Crippen molar-refractivity contribution < 1.29 is 0 Å². The first-order chi connectivity index (χ1) is 7.63. The molecular weight excluding hydrogens is 198 g/mol. The normalized spacial score (nSPS) is 11.6. The van der Waals surface area contributed by atoms with E-state index in [1.54, 1.807) is 0 Å². The average Bonchev–Trinajstić information content (AvgIpc) is 2.56. The van der Waals surface area contributed by atoms with Gasteiger partial charge in [0.25, 0.3) is 0 Å². The van der Waals surface area contributed by atoms with Crippen LogP contribution < -0.4 is 5.32 Å². The second-order valence-corrected chi connectivity index (χ2v) is 4.52. The van der Waals surface area contributed by atoms with Gasteiger partial charge in [-0.25, -0.2) is 4.98 Å². The van der Waals surface area contributed by atoms with E-state index in [-0.39, 0.29) is 0 Å². The first-order valence-corrected chi connectivity index (χ1v) is 5.73. The topological polar surface area (TPSA) is 29.9 Å². The molecule has 0 amide bonds. The first-order valence-electron chi connectivity index (χ1n) is 5.73. The summed E-state index contributed by atoms with van der Waals surface area (Å²) in [6.45, 7) is 5.24. The highest BCUT2D eigenvalue weighted by Gasteiger charge is 2.08. The molecule has 0 saturated heterocycles. The van der Waals surface area contributed by atoms with E-state index in [1.807, 2.05) is 7.05 Å². The van der Waals surface area contributed by atoms with Crippen LogP contribution in [0.25, 0.3) is 11.0 Å². The van der Waals surface area contributed by atoms with Gasteiger partial charge in [0.05, 0.1) is 17.6 Å². The lowest BCUT2D eigenvalue weighted by atomic mass is 10.0. The van der Waals surface area contributed by atoms with Gasteiger partial charge in [-0.2, -0.15) is 0 Å². The molecule has 2 rings (SSSR count). The molecule has 1 N–H and O–H groups in total. The standard InChI is InChI=1S/C13H19N3/c1-9(2)10-5-6-11-12(7-10)16(4)13(15-11)8-14-3/h5-7,9,14H,8H2,1-4H3. The highest BCUT2D eigenvalue weighted by atomic mass is 15.1. The molecule has 2 aromatic rings. The molecule has 86 valence electrons. The van der Waals surface area contributed by atoms with E-state index in [0.29, 0.717) is 5.92 Å². The number of benzene rings is 1. The maximum atomic E-state index is 4.60. The third-order valence-corrected chi connectivity index (χ3v) is 3.00. The van der Waals surface area contributed by atoms with Crippen molar-refractivity contribution in [1.29, 1.82) is 0 Å². The van der Waals surface area contributed by atoms with Gasteiger partial charge in [-0.3, -0.25) is 0 Å². The quantitative estimate of drug-likeness (QED) is 0.855. The van der Waals surface area contributed by atoms with Gasteiger partial charge in [0.15, 0.2) is 0 Å².